The van der Waals surface area contributed by atoms with Crippen LogP contribution < -0.4 is 4.90 Å². The molecule has 0 amide bonds. The van der Waals surface area contributed by atoms with Gasteiger partial charge in [-0.05, 0) is 24.6 Å². The largest absolute Gasteiger partial charge is 0.478 e. The van der Waals surface area contributed by atoms with Gasteiger partial charge in [-0.25, -0.2) is 4.79 Å². The van der Waals surface area contributed by atoms with E-state index in [0.717, 1.165) is 31.5 Å². The van der Waals surface area contributed by atoms with E-state index < -0.39 is 5.97 Å². The summed E-state index contributed by atoms with van der Waals surface area (Å²) in [5, 5.41) is 18.0. The van der Waals surface area contributed by atoms with E-state index in [1.54, 1.807) is 6.07 Å². The number of nitrogens with zero attached hydrogens (tertiary/aromatic N) is 2. The maximum Gasteiger partial charge on any atom is 0.335 e. The molecule has 0 aliphatic carbocycles. The van der Waals surface area contributed by atoms with Crippen molar-refractivity contribution in [3.8, 4) is 6.07 Å². The van der Waals surface area contributed by atoms with Gasteiger partial charge in [0.05, 0.1) is 16.8 Å². The number of hydrogen-bond acceptors (Lipinski definition) is 3. The fourth-order valence-electron chi connectivity index (χ4n) is 1.81. The van der Waals surface area contributed by atoms with Crippen LogP contribution in [0.3, 0.4) is 0 Å². The quantitative estimate of drug-likeness (QED) is 0.784. The number of anilines is 1. The summed E-state index contributed by atoms with van der Waals surface area (Å²) in [6, 6.07) is 6.72. The van der Waals surface area contributed by atoms with Crippen molar-refractivity contribution in [1.82, 2.24) is 0 Å². The number of nitriles is 1. The van der Waals surface area contributed by atoms with Crippen molar-refractivity contribution in [2.75, 3.05) is 18.5 Å². The smallest absolute Gasteiger partial charge is 0.335 e. The Morgan fingerprint density at radius 2 is 2.17 bits per heavy atom. The zero-order valence-corrected chi connectivity index (χ0v) is 10.8. The number of unbranched alkanes of at least 4 members (excludes halogenated alkanes) is 2. The minimum atomic E-state index is -1.01. The van der Waals surface area contributed by atoms with Crippen molar-refractivity contribution in [3.05, 3.63) is 29.3 Å². The first-order valence-electron chi connectivity index (χ1n) is 6.08. The van der Waals surface area contributed by atoms with Crippen LogP contribution in [0.15, 0.2) is 18.2 Å². The molecule has 1 aromatic rings. The molecule has 96 valence electrons. The first kappa shape index (κ1) is 14.0. The van der Waals surface area contributed by atoms with Crippen molar-refractivity contribution in [3.63, 3.8) is 0 Å². The first-order valence-corrected chi connectivity index (χ1v) is 6.08. The van der Waals surface area contributed by atoms with Gasteiger partial charge in [0.1, 0.15) is 6.07 Å². The topological polar surface area (TPSA) is 64.3 Å². The van der Waals surface area contributed by atoms with Gasteiger partial charge >= 0.3 is 5.97 Å². The summed E-state index contributed by atoms with van der Waals surface area (Å²) in [6.07, 6.45) is 3.37. The van der Waals surface area contributed by atoms with Gasteiger partial charge in [-0.3, -0.25) is 0 Å². The van der Waals surface area contributed by atoms with Gasteiger partial charge in [0.2, 0.25) is 0 Å². The van der Waals surface area contributed by atoms with Crippen LogP contribution in [0.2, 0.25) is 0 Å². The third kappa shape index (κ3) is 3.49. The molecule has 0 radical (unpaired) electrons. The van der Waals surface area contributed by atoms with Crippen LogP contribution in [0, 0.1) is 11.3 Å². The average molecular weight is 246 g/mol. The Hall–Kier alpha value is -2.02. The van der Waals surface area contributed by atoms with E-state index in [2.05, 4.69) is 13.0 Å². The van der Waals surface area contributed by atoms with Crippen molar-refractivity contribution in [1.29, 1.82) is 5.26 Å². The summed E-state index contributed by atoms with van der Waals surface area (Å²) in [4.78, 5) is 12.8. The molecule has 0 atom stereocenters. The fraction of sp³-hybridized carbons (Fsp3) is 0.429. The summed E-state index contributed by atoms with van der Waals surface area (Å²) < 4.78 is 0. The lowest BCUT2D eigenvalue weighted by atomic mass is 10.1. The predicted molar refractivity (Wildman–Crippen MR) is 70.9 cm³/mol. The molecule has 0 spiro atoms. The zero-order chi connectivity index (χ0) is 13.5. The van der Waals surface area contributed by atoms with E-state index in [4.69, 9.17) is 10.4 Å². The minimum Gasteiger partial charge on any atom is -0.478 e. The molecule has 0 aliphatic heterocycles. The van der Waals surface area contributed by atoms with Gasteiger partial charge in [0, 0.05) is 13.6 Å². The Balaban J connectivity index is 2.88. The molecule has 0 aliphatic rings. The summed E-state index contributed by atoms with van der Waals surface area (Å²) >= 11 is 0. The fourth-order valence-corrected chi connectivity index (χ4v) is 1.81. The first-order chi connectivity index (χ1) is 8.60. The Labute approximate surface area is 107 Å². The normalized spacial score (nSPS) is 9.83. The predicted octanol–water partition coefficient (Wildman–Crippen LogP) is 2.88. The van der Waals surface area contributed by atoms with Gasteiger partial charge in [0.15, 0.2) is 0 Å². The summed E-state index contributed by atoms with van der Waals surface area (Å²) in [6.45, 7) is 3.01. The second-order valence-electron chi connectivity index (χ2n) is 4.28. The van der Waals surface area contributed by atoms with E-state index in [1.165, 1.54) is 12.1 Å². The minimum absolute atomic E-state index is 0.150. The summed E-state index contributed by atoms with van der Waals surface area (Å²) in [5.74, 6) is -1.01. The Bertz CT molecular complexity index is 463. The highest BCUT2D eigenvalue weighted by Gasteiger charge is 2.11. The number of carbonyl (C=O) groups is 1. The highest BCUT2D eigenvalue weighted by Crippen LogP contribution is 2.21. The van der Waals surface area contributed by atoms with Gasteiger partial charge in [-0.1, -0.05) is 19.8 Å². The average Bonchev–Trinajstić information content (AvgIpc) is 2.38. The molecule has 0 saturated carbocycles. The lowest BCUT2D eigenvalue weighted by molar-refractivity contribution is 0.0697. The molecule has 1 rings (SSSR count). The second-order valence-corrected chi connectivity index (χ2v) is 4.28. The molecule has 0 aromatic heterocycles. The van der Waals surface area contributed by atoms with Crippen molar-refractivity contribution >= 4 is 11.7 Å². The lowest BCUT2D eigenvalue weighted by Crippen LogP contribution is -2.19. The molecular formula is C14H18N2O2. The van der Waals surface area contributed by atoms with Gasteiger partial charge < -0.3 is 10.0 Å². The van der Waals surface area contributed by atoms with Gasteiger partial charge in [0.25, 0.3) is 0 Å². The molecule has 1 aromatic carbocycles. The maximum atomic E-state index is 10.8. The van der Waals surface area contributed by atoms with Crippen molar-refractivity contribution in [2.24, 2.45) is 0 Å². The van der Waals surface area contributed by atoms with Crippen molar-refractivity contribution in [2.45, 2.75) is 26.2 Å². The molecule has 0 bridgehead atoms. The molecule has 1 N–H and O–H groups in total. The second kappa shape index (κ2) is 6.65. The number of carboxylic acid groups (broad SMARTS) is 1. The van der Waals surface area contributed by atoms with Gasteiger partial charge in [-0.15, -0.1) is 0 Å². The molecule has 0 fully saturated rings. The maximum absolute atomic E-state index is 10.8. The zero-order valence-electron chi connectivity index (χ0n) is 10.8. The molecular weight excluding hydrogens is 228 g/mol. The molecule has 0 saturated heterocycles. The van der Waals surface area contributed by atoms with Crippen LogP contribution in [0.1, 0.15) is 42.1 Å². The number of aromatic carboxylic acids is 1. The Morgan fingerprint density at radius 1 is 1.44 bits per heavy atom. The van der Waals surface area contributed by atoms with E-state index in [0.29, 0.717) is 5.56 Å². The van der Waals surface area contributed by atoms with Crippen LogP contribution in [0.5, 0.6) is 0 Å². The SMILES string of the molecule is CCCCCN(C)c1ccc(C(=O)O)cc1C#N. The van der Waals surface area contributed by atoms with E-state index >= 15 is 0 Å². The Morgan fingerprint density at radius 3 is 2.72 bits per heavy atom. The van der Waals surface area contributed by atoms with Crippen LogP contribution in [0.25, 0.3) is 0 Å². The van der Waals surface area contributed by atoms with Gasteiger partial charge in [-0.2, -0.15) is 5.26 Å². The molecule has 0 heterocycles. The van der Waals surface area contributed by atoms with E-state index in [1.807, 2.05) is 11.9 Å². The monoisotopic (exact) mass is 246 g/mol. The Kier molecular flexibility index (Phi) is 5.19. The summed E-state index contributed by atoms with van der Waals surface area (Å²) in [7, 11) is 1.92. The third-order valence-electron chi connectivity index (χ3n) is 2.87. The van der Waals surface area contributed by atoms with Crippen LogP contribution >= 0.6 is 0 Å². The highest BCUT2D eigenvalue weighted by molar-refractivity contribution is 5.89. The summed E-state index contributed by atoms with van der Waals surface area (Å²) in [5.41, 5.74) is 1.35. The number of hydrogen-bond donors (Lipinski definition) is 1. The van der Waals surface area contributed by atoms with E-state index in [-0.39, 0.29) is 5.56 Å². The highest BCUT2D eigenvalue weighted by atomic mass is 16.4. The number of benzene rings is 1. The molecule has 18 heavy (non-hydrogen) atoms. The van der Waals surface area contributed by atoms with Crippen LogP contribution in [-0.4, -0.2) is 24.7 Å². The molecule has 4 heteroatoms. The number of rotatable bonds is 6. The standard InChI is InChI=1S/C14H18N2O2/c1-3-4-5-8-16(2)13-7-6-11(14(17)18)9-12(13)10-15/h6-7,9H,3-5,8H2,1-2H3,(H,17,18). The van der Waals surface area contributed by atoms with Crippen LogP contribution in [0.4, 0.5) is 5.69 Å². The van der Waals surface area contributed by atoms with E-state index in [9.17, 15) is 4.79 Å². The molecule has 4 nitrogen and oxygen atoms in total. The number of carboxylic acids is 1. The molecule has 0 unspecified atom stereocenters. The lowest BCUT2D eigenvalue weighted by Gasteiger charge is -2.20. The van der Waals surface area contributed by atoms with Crippen molar-refractivity contribution < 1.29 is 9.90 Å². The third-order valence-corrected chi connectivity index (χ3v) is 2.87. The van der Waals surface area contributed by atoms with Crippen LogP contribution in [-0.2, 0) is 0 Å².